The van der Waals surface area contributed by atoms with Gasteiger partial charge in [-0.1, -0.05) is 231 Å². The number of aryl methyl sites for hydroxylation is 2. The van der Waals surface area contributed by atoms with Gasteiger partial charge in [0, 0.05) is 52.9 Å². The fourth-order valence-electron chi connectivity index (χ4n) is 22.3. The molecule has 13 unspecified atom stereocenters. The van der Waals surface area contributed by atoms with Crippen LogP contribution in [-0.4, -0.2) is 40.3 Å². The monoisotopic (exact) mass is 1460 g/mol. The van der Waals surface area contributed by atoms with Crippen LogP contribution in [0.2, 0.25) is 0 Å². The Bertz CT molecular complexity index is 5330. The quantitative estimate of drug-likeness (QED) is 0.104. The maximum atomic E-state index is 14.4. The molecule has 3 nitrogen and oxygen atoms in total. The van der Waals surface area contributed by atoms with Gasteiger partial charge in [-0.25, -0.2) is 8.78 Å². The Labute approximate surface area is 658 Å². The summed E-state index contributed by atoms with van der Waals surface area (Å²) >= 11 is 0. The Hall–Kier alpha value is -9.94. The molecule has 0 spiro atoms. The van der Waals surface area contributed by atoms with Crippen LogP contribution in [0.5, 0.6) is 0 Å². The molecule has 4 aromatic carbocycles. The van der Waals surface area contributed by atoms with Crippen molar-refractivity contribution in [3.05, 3.63) is 408 Å². The lowest BCUT2D eigenvalue weighted by molar-refractivity contribution is 0.0344. The highest BCUT2D eigenvalue weighted by Crippen LogP contribution is 2.66. The second-order valence-electron chi connectivity index (χ2n) is 34.2. The Morgan fingerprint density at radius 3 is 2.06 bits per heavy atom. The Morgan fingerprint density at radius 1 is 0.559 bits per heavy atom. The van der Waals surface area contributed by atoms with Crippen LogP contribution in [0.4, 0.5) is 8.78 Å². The Kier molecular flexibility index (Phi) is 18.8. The number of alkyl halides is 1. The summed E-state index contributed by atoms with van der Waals surface area (Å²) in [7, 11) is 0. The number of fused-ring (bicyclic) bond motifs is 5. The first kappa shape index (κ1) is 71.4. The van der Waals surface area contributed by atoms with E-state index in [9.17, 15) is 8.78 Å². The molecule has 5 heteroatoms. The molecular weight excluding hydrogens is 1360 g/mol. The van der Waals surface area contributed by atoms with Gasteiger partial charge in [0.1, 0.15) is 12.0 Å². The summed E-state index contributed by atoms with van der Waals surface area (Å²) in [5.41, 5.74) is 34.5. The van der Waals surface area contributed by atoms with Crippen molar-refractivity contribution in [2.75, 3.05) is 0 Å². The number of nitrogens with zero attached hydrogens (tertiary/aromatic N) is 2. The highest BCUT2D eigenvalue weighted by molar-refractivity contribution is 5.82. The van der Waals surface area contributed by atoms with Gasteiger partial charge in [0.2, 0.25) is 0 Å². The number of rotatable bonds is 16. The lowest BCUT2D eigenvalue weighted by Gasteiger charge is -2.45. The van der Waals surface area contributed by atoms with E-state index in [4.69, 9.17) is 4.74 Å². The molecule has 13 atom stereocenters. The largest absolute Gasteiger partial charge is 0.369 e. The van der Waals surface area contributed by atoms with Crippen molar-refractivity contribution < 1.29 is 13.5 Å². The van der Waals surface area contributed by atoms with Crippen molar-refractivity contribution >= 4 is 17.2 Å². The zero-order valence-corrected chi connectivity index (χ0v) is 65.2. The molecular formula is C106H104F2N2O. The molecule has 1 aliphatic heterocycles. The Balaban J connectivity index is 0.692. The van der Waals surface area contributed by atoms with E-state index in [1.165, 1.54) is 119 Å². The van der Waals surface area contributed by atoms with Gasteiger partial charge in [-0.15, -0.1) is 6.58 Å². The lowest BCUT2D eigenvalue weighted by Crippen LogP contribution is -2.45. The zero-order valence-electron chi connectivity index (χ0n) is 65.2. The van der Waals surface area contributed by atoms with Crippen LogP contribution in [0.1, 0.15) is 185 Å². The molecule has 1 heterocycles. The van der Waals surface area contributed by atoms with E-state index in [-0.39, 0.29) is 53.8 Å². The zero-order chi connectivity index (χ0) is 75.2. The number of hydrogen-bond donors (Lipinski definition) is 0. The van der Waals surface area contributed by atoms with Crippen LogP contribution in [0, 0.1) is 42.9 Å². The van der Waals surface area contributed by atoms with E-state index < -0.39 is 17.0 Å². The van der Waals surface area contributed by atoms with Gasteiger partial charge in [0.25, 0.3) is 0 Å². The summed E-state index contributed by atoms with van der Waals surface area (Å²) in [5, 5.41) is 0. The van der Waals surface area contributed by atoms with Crippen LogP contribution in [0.3, 0.4) is 0 Å². The third kappa shape index (κ3) is 12.4. The summed E-state index contributed by atoms with van der Waals surface area (Å²) in [6.07, 6.45) is 80.7. The second-order valence-corrected chi connectivity index (χ2v) is 34.2. The molecule has 0 aromatic heterocycles. The van der Waals surface area contributed by atoms with Crippen LogP contribution in [0.15, 0.2) is 358 Å². The van der Waals surface area contributed by atoms with E-state index in [1.807, 2.05) is 24.3 Å². The van der Waals surface area contributed by atoms with Gasteiger partial charge in [-0.3, -0.25) is 0 Å². The van der Waals surface area contributed by atoms with Crippen molar-refractivity contribution in [2.45, 2.75) is 185 Å². The Morgan fingerprint density at radius 2 is 1.32 bits per heavy atom. The van der Waals surface area contributed by atoms with E-state index in [2.05, 4.69) is 269 Å². The average Bonchev–Trinajstić information content (AvgIpc) is 1.57. The first-order chi connectivity index (χ1) is 54.3. The summed E-state index contributed by atoms with van der Waals surface area (Å²) < 4.78 is 36.4. The van der Waals surface area contributed by atoms with E-state index in [0.717, 1.165) is 100 Å². The van der Waals surface area contributed by atoms with Crippen molar-refractivity contribution in [3.63, 3.8) is 0 Å². The van der Waals surface area contributed by atoms with Gasteiger partial charge in [0.05, 0.1) is 35.1 Å². The predicted octanol–water partition coefficient (Wildman–Crippen LogP) is 26.3. The molecule has 1 fully saturated rings. The molecule has 1 saturated heterocycles. The van der Waals surface area contributed by atoms with Gasteiger partial charge < -0.3 is 14.5 Å². The molecule has 0 saturated carbocycles. The number of allylic oxidation sites excluding steroid dienone is 37. The number of benzene rings is 4. The average molecular weight is 1460 g/mol. The van der Waals surface area contributed by atoms with E-state index in [1.54, 1.807) is 40.5 Å². The van der Waals surface area contributed by atoms with Gasteiger partial charge >= 0.3 is 0 Å². The van der Waals surface area contributed by atoms with Crippen molar-refractivity contribution in [1.29, 1.82) is 0 Å². The van der Waals surface area contributed by atoms with Gasteiger partial charge in [-0.2, -0.15) is 0 Å². The summed E-state index contributed by atoms with van der Waals surface area (Å²) in [6, 6.07) is 34.7. The fourth-order valence-corrected chi connectivity index (χ4v) is 22.3. The van der Waals surface area contributed by atoms with Crippen molar-refractivity contribution in [3.8, 4) is 0 Å². The molecule has 15 aliphatic rings. The lowest BCUT2D eigenvalue weighted by atomic mass is 9.59. The molecule has 111 heavy (non-hydrogen) atoms. The molecule has 14 aliphatic carbocycles. The van der Waals surface area contributed by atoms with Crippen molar-refractivity contribution in [2.24, 2.45) is 29.1 Å². The molecule has 558 valence electrons. The minimum atomic E-state index is -0.929. The maximum absolute atomic E-state index is 14.4. The second kappa shape index (κ2) is 29.3. The molecule has 19 rings (SSSR count). The highest BCUT2D eigenvalue weighted by Gasteiger charge is 2.55. The summed E-state index contributed by atoms with van der Waals surface area (Å²) in [5.74, 6) is 1.35. The van der Waals surface area contributed by atoms with Crippen LogP contribution >= 0.6 is 0 Å². The molecule has 0 radical (unpaired) electrons. The molecule has 0 N–H and O–H groups in total. The third-order valence-electron chi connectivity index (χ3n) is 27.7. The smallest absolute Gasteiger partial charge is 0.122 e. The van der Waals surface area contributed by atoms with E-state index >= 15 is 0 Å². The van der Waals surface area contributed by atoms with Crippen LogP contribution in [0.25, 0.3) is 17.2 Å². The van der Waals surface area contributed by atoms with Crippen molar-refractivity contribution in [1.82, 2.24) is 9.80 Å². The molecule has 4 aromatic rings. The normalized spacial score (nSPS) is 30.8. The number of halogens is 2. The molecule has 0 amide bonds. The number of hydrogen-bond acceptors (Lipinski definition) is 3. The van der Waals surface area contributed by atoms with Crippen LogP contribution < -0.4 is 0 Å². The van der Waals surface area contributed by atoms with Gasteiger partial charge in [-0.05, 0) is 301 Å². The predicted molar refractivity (Wildman–Crippen MR) is 456 cm³/mol. The molecule has 0 bridgehead atoms. The SMILES string of the molecule is C=Cc1ccc(C2(c3cc(C)ccc3C)C3=C(CCC(N(C4C=CC(c5cccc(C6=CCC(F)C=C6)c5)=CC4)C4C=CC5C(C4)OC4C=C(N(C6=CCC(c7cccc(C8C=CC(F)=CC8)c7)C=C6)C6=CC7=C(CC6)C6=C(CCC=C6)C7(C6=CCC(C=C)C=C6)C6=CC(C)CC=C6C)C=CC45)=C3)C3=C2CCCC3)cc1. The topological polar surface area (TPSA) is 15.7 Å². The minimum Gasteiger partial charge on any atom is -0.369 e. The summed E-state index contributed by atoms with van der Waals surface area (Å²) in [6.45, 7) is 17.9. The standard InChI is InChI=1S/C106H104F2N2O/c1-7-71-27-39-81(40-28-71)105(99-59-67(3)23-25-69(99)5)97-21-11-9-19-91(97)93-55-51-87(63-101(93)105)109(85-47-35-75(36-48-85)79-17-13-15-77(61-79)73-31-43-83(107)44-32-73)89-53-57-95-96-58-54-90(66-104(96)111-103(95)65-89)110(86-49-37-76(38-50-86)80-18-14-16-78(62-80)74-33-45-84(108)46-34-74)88-52-56-94-92-20-10-12-22-98(92)106(102(94)64-88,82-41-29-72(8-2)30-42-82)100-60-68(4)24-26-70(100)6/h7-9,13-19,24-27,29-31,33-35,37-45,47-49,53-54,57-65,67,71,73,75,84,86,90,95-96,103-104H,1-2,10-12,20-23,28,32,36,46,50-52,55-56,66H2,3-6H3. The third-order valence-corrected chi connectivity index (χ3v) is 27.7. The summed E-state index contributed by atoms with van der Waals surface area (Å²) in [4.78, 5) is 5.51. The number of ether oxygens (including phenoxy) is 1. The maximum Gasteiger partial charge on any atom is 0.122 e. The first-order valence-electron chi connectivity index (χ1n) is 41.9. The fraction of sp³-hybridized carbons (Fsp3) is 0.321. The van der Waals surface area contributed by atoms with Gasteiger partial charge in [0.15, 0.2) is 0 Å². The van der Waals surface area contributed by atoms with Crippen LogP contribution in [-0.2, 0) is 10.2 Å². The first-order valence-corrected chi connectivity index (χ1v) is 41.9. The minimum absolute atomic E-state index is 0.00384. The highest BCUT2D eigenvalue weighted by atomic mass is 19.1. The van der Waals surface area contributed by atoms with E-state index in [0.29, 0.717) is 24.7 Å².